The Kier molecular flexibility index (Phi) is 2.76. The molecule has 1 rings (SSSR count). The highest BCUT2D eigenvalue weighted by molar-refractivity contribution is 4.74. The second-order valence-corrected chi connectivity index (χ2v) is 4.06. The van der Waals surface area contributed by atoms with E-state index in [4.69, 9.17) is 0 Å². The molecule has 0 saturated heterocycles. The van der Waals surface area contributed by atoms with Crippen molar-refractivity contribution >= 4 is 0 Å². The Bertz CT molecular complexity index is 96.2. The first-order valence-electron chi connectivity index (χ1n) is 4.74. The molecule has 10 heavy (non-hydrogen) atoms. The smallest absolute Gasteiger partial charge is 0.0391 e. The van der Waals surface area contributed by atoms with Crippen LogP contribution in [0, 0.1) is 17.8 Å². The van der Waals surface area contributed by atoms with E-state index in [9.17, 15) is 0 Å². The minimum absolute atomic E-state index is 0.994. The van der Waals surface area contributed by atoms with Crippen LogP contribution >= 0.6 is 0 Å². The highest BCUT2D eigenvalue weighted by Crippen LogP contribution is 2.34. The van der Waals surface area contributed by atoms with Crippen LogP contribution in [0.3, 0.4) is 0 Å². The van der Waals surface area contributed by atoms with Crippen LogP contribution < -0.4 is 0 Å². The Morgan fingerprint density at radius 3 is 2.40 bits per heavy atom. The number of hydrogen-bond donors (Lipinski definition) is 0. The predicted octanol–water partition coefficient (Wildman–Crippen LogP) is 3.47. The van der Waals surface area contributed by atoms with E-state index in [1.54, 1.807) is 0 Å². The highest BCUT2D eigenvalue weighted by atomic mass is 14.3. The molecule has 0 radical (unpaired) electrons. The maximum atomic E-state index is 2.42. The van der Waals surface area contributed by atoms with Crippen molar-refractivity contribution in [3.63, 3.8) is 0 Å². The van der Waals surface area contributed by atoms with Gasteiger partial charge in [-0.2, -0.15) is 0 Å². The van der Waals surface area contributed by atoms with Gasteiger partial charge in [0.2, 0.25) is 0 Å². The van der Waals surface area contributed by atoms with Gasteiger partial charge in [-0.3, -0.25) is 0 Å². The molecule has 0 N–H and O–H groups in total. The molecule has 3 atom stereocenters. The summed E-state index contributed by atoms with van der Waals surface area (Å²) in [6, 6.07) is 0. The summed E-state index contributed by atoms with van der Waals surface area (Å²) in [4.78, 5) is 0. The Morgan fingerprint density at radius 2 is 1.90 bits per heavy atom. The summed E-state index contributed by atoms with van der Waals surface area (Å²) in [7, 11) is 0. The fraction of sp³-hybridized carbons (Fsp3) is 1.00. The fourth-order valence-corrected chi connectivity index (χ4v) is 2.33. The Balaban J connectivity index is 2.36. The van der Waals surface area contributed by atoms with Gasteiger partial charge in [0.15, 0.2) is 0 Å². The number of rotatable bonds is 1. The van der Waals surface area contributed by atoms with Gasteiger partial charge in [-0.05, 0) is 30.6 Å². The normalized spacial score (nSPS) is 41.7. The van der Waals surface area contributed by atoms with E-state index in [2.05, 4.69) is 20.8 Å². The minimum atomic E-state index is 0.994. The monoisotopic (exact) mass is 140 g/mol. The van der Waals surface area contributed by atoms with Crippen LogP contribution in [0.15, 0.2) is 0 Å². The van der Waals surface area contributed by atoms with E-state index in [1.165, 1.54) is 25.7 Å². The van der Waals surface area contributed by atoms with Crippen LogP contribution in [-0.4, -0.2) is 0 Å². The standard InChI is InChI=1S/C10H20/c1-4-10-6-5-8(2)7-9(10)3/h8-10H,4-7H2,1-3H3/t8-,9?,10+/m0/s1. The average Bonchev–Trinajstić information content (AvgIpc) is 1.88. The Labute approximate surface area is 65.0 Å². The molecule has 0 aromatic carbocycles. The van der Waals surface area contributed by atoms with Gasteiger partial charge < -0.3 is 0 Å². The summed E-state index contributed by atoms with van der Waals surface area (Å²) in [5.41, 5.74) is 0. The highest BCUT2D eigenvalue weighted by Gasteiger charge is 2.23. The molecule has 1 aliphatic carbocycles. The second-order valence-electron chi connectivity index (χ2n) is 4.06. The maximum Gasteiger partial charge on any atom is -0.0391 e. The molecule has 1 saturated carbocycles. The third kappa shape index (κ3) is 1.74. The van der Waals surface area contributed by atoms with E-state index in [0.717, 1.165) is 17.8 Å². The Hall–Kier alpha value is 0. The van der Waals surface area contributed by atoms with Crippen molar-refractivity contribution < 1.29 is 0 Å². The van der Waals surface area contributed by atoms with Crippen molar-refractivity contribution in [3.8, 4) is 0 Å². The zero-order valence-electron chi connectivity index (χ0n) is 7.56. The van der Waals surface area contributed by atoms with E-state index in [1.807, 2.05) is 0 Å². The summed E-state index contributed by atoms with van der Waals surface area (Å²) >= 11 is 0. The predicted molar refractivity (Wildman–Crippen MR) is 46.0 cm³/mol. The van der Waals surface area contributed by atoms with Gasteiger partial charge in [0.25, 0.3) is 0 Å². The third-order valence-electron chi connectivity index (χ3n) is 3.13. The summed E-state index contributed by atoms with van der Waals surface area (Å²) in [5.74, 6) is 3.03. The van der Waals surface area contributed by atoms with Crippen molar-refractivity contribution in [2.24, 2.45) is 17.8 Å². The van der Waals surface area contributed by atoms with Crippen molar-refractivity contribution in [2.45, 2.75) is 46.5 Å². The molecule has 0 amide bonds. The first-order chi connectivity index (χ1) is 4.74. The van der Waals surface area contributed by atoms with Crippen LogP contribution in [0.2, 0.25) is 0 Å². The van der Waals surface area contributed by atoms with Crippen molar-refractivity contribution in [2.75, 3.05) is 0 Å². The minimum Gasteiger partial charge on any atom is -0.0651 e. The van der Waals surface area contributed by atoms with Gasteiger partial charge in [0.1, 0.15) is 0 Å². The first kappa shape index (κ1) is 8.10. The van der Waals surface area contributed by atoms with Gasteiger partial charge in [0.05, 0.1) is 0 Å². The van der Waals surface area contributed by atoms with E-state index >= 15 is 0 Å². The molecule has 1 unspecified atom stereocenters. The second kappa shape index (κ2) is 3.41. The van der Waals surface area contributed by atoms with Gasteiger partial charge in [-0.1, -0.05) is 33.6 Å². The molecule has 0 bridgehead atoms. The van der Waals surface area contributed by atoms with Gasteiger partial charge in [0, 0.05) is 0 Å². The summed E-state index contributed by atoms with van der Waals surface area (Å²) in [6.07, 6.45) is 5.83. The van der Waals surface area contributed by atoms with Crippen LogP contribution in [-0.2, 0) is 0 Å². The quantitative estimate of drug-likeness (QED) is 0.523. The van der Waals surface area contributed by atoms with Gasteiger partial charge in [-0.25, -0.2) is 0 Å². The average molecular weight is 140 g/mol. The lowest BCUT2D eigenvalue weighted by atomic mass is 9.75. The van der Waals surface area contributed by atoms with Crippen LogP contribution in [0.1, 0.15) is 46.5 Å². The molecule has 0 heterocycles. The lowest BCUT2D eigenvalue weighted by molar-refractivity contribution is 0.200. The van der Waals surface area contributed by atoms with Crippen molar-refractivity contribution in [3.05, 3.63) is 0 Å². The van der Waals surface area contributed by atoms with Gasteiger partial charge >= 0.3 is 0 Å². The zero-order valence-corrected chi connectivity index (χ0v) is 7.56. The van der Waals surface area contributed by atoms with E-state index < -0.39 is 0 Å². The molecule has 60 valence electrons. The van der Waals surface area contributed by atoms with E-state index in [-0.39, 0.29) is 0 Å². The molecular weight excluding hydrogens is 120 g/mol. The summed E-state index contributed by atoms with van der Waals surface area (Å²) in [5, 5.41) is 0. The van der Waals surface area contributed by atoms with E-state index in [0.29, 0.717) is 0 Å². The Morgan fingerprint density at radius 1 is 1.20 bits per heavy atom. The fourth-order valence-electron chi connectivity index (χ4n) is 2.33. The molecular formula is C10H20. The molecule has 0 heteroatoms. The molecule has 0 aromatic rings. The lowest BCUT2D eigenvalue weighted by Crippen LogP contribution is -2.20. The number of hydrogen-bond acceptors (Lipinski definition) is 0. The summed E-state index contributed by atoms with van der Waals surface area (Å²) < 4.78 is 0. The largest absolute Gasteiger partial charge is 0.0651 e. The molecule has 1 fully saturated rings. The summed E-state index contributed by atoms with van der Waals surface area (Å²) in [6.45, 7) is 7.14. The van der Waals surface area contributed by atoms with Crippen LogP contribution in [0.5, 0.6) is 0 Å². The molecule has 0 aliphatic heterocycles. The van der Waals surface area contributed by atoms with Crippen LogP contribution in [0.25, 0.3) is 0 Å². The van der Waals surface area contributed by atoms with Gasteiger partial charge in [-0.15, -0.1) is 0 Å². The molecule has 0 spiro atoms. The van der Waals surface area contributed by atoms with Crippen molar-refractivity contribution in [1.29, 1.82) is 0 Å². The molecule has 0 nitrogen and oxygen atoms in total. The SMILES string of the molecule is CC[C@@H]1CC[C@H](C)CC1C. The molecule has 1 aliphatic rings. The zero-order chi connectivity index (χ0) is 7.56. The molecule has 0 aromatic heterocycles. The van der Waals surface area contributed by atoms with Crippen molar-refractivity contribution in [1.82, 2.24) is 0 Å². The first-order valence-corrected chi connectivity index (χ1v) is 4.74. The van der Waals surface area contributed by atoms with Crippen LogP contribution in [0.4, 0.5) is 0 Å². The third-order valence-corrected chi connectivity index (χ3v) is 3.13. The maximum absolute atomic E-state index is 2.42. The lowest BCUT2D eigenvalue weighted by Gasteiger charge is -2.31. The topological polar surface area (TPSA) is 0 Å².